The van der Waals surface area contributed by atoms with Crippen molar-refractivity contribution in [3.8, 4) is 5.75 Å². The van der Waals surface area contributed by atoms with Gasteiger partial charge in [-0.2, -0.15) is 0 Å². The number of amides is 2. The Balaban J connectivity index is 1.60. The Hall–Kier alpha value is -2.18. The summed E-state index contributed by atoms with van der Waals surface area (Å²) >= 11 is 0. The van der Waals surface area contributed by atoms with Gasteiger partial charge in [-0.05, 0) is 31.0 Å². The molecule has 2 aliphatic rings. The van der Waals surface area contributed by atoms with Gasteiger partial charge in [-0.3, -0.25) is 9.59 Å². The van der Waals surface area contributed by atoms with Crippen LogP contribution in [0.15, 0.2) is 24.3 Å². The number of rotatable bonds is 4. The standard InChI is InChI=1S/C17H20F2N2O3/c1-24-13-4-2-3-12(11-13)14(22)20-7-9-21(10-8-20)16(23)17(5-6-17)15(18)19/h2-4,11,15H,5-10H2,1H3. The minimum absolute atomic E-state index is 0.143. The molecule has 1 aromatic rings. The molecule has 3 rings (SSSR count). The summed E-state index contributed by atoms with van der Waals surface area (Å²) in [4.78, 5) is 27.9. The first kappa shape index (κ1) is 16.7. The zero-order valence-corrected chi connectivity index (χ0v) is 13.5. The van der Waals surface area contributed by atoms with Crippen LogP contribution in [0.3, 0.4) is 0 Å². The second kappa shape index (κ2) is 6.37. The number of nitrogens with zero attached hydrogens (tertiary/aromatic N) is 2. The van der Waals surface area contributed by atoms with Crippen LogP contribution in [-0.4, -0.2) is 61.3 Å². The summed E-state index contributed by atoms with van der Waals surface area (Å²) in [5.74, 6) is -0.00996. The van der Waals surface area contributed by atoms with Crippen LogP contribution >= 0.6 is 0 Å². The molecule has 1 saturated carbocycles. The lowest BCUT2D eigenvalue weighted by molar-refractivity contribution is -0.144. The Bertz CT molecular complexity index is 638. The summed E-state index contributed by atoms with van der Waals surface area (Å²) in [6.45, 7) is 1.29. The molecule has 0 radical (unpaired) electrons. The molecule has 1 saturated heterocycles. The first-order chi connectivity index (χ1) is 11.5. The Morgan fingerprint density at radius 2 is 1.75 bits per heavy atom. The maximum atomic E-state index is 13.1. The van der Waals surface area contributed by atoms with E-state index in [1.165, 1.54) is 12.0 Å². The van der Waals surface area contributed by atoms with E-state index < -0.39 is 17.7 Å². The summed E-state index contributed by atoms with van der Waals surface area (Å²) in [5.41, 5.74) is -0.945. The molecule has 2 amide bonds. The molecule has 0 N–H and O–H groups in total. The third-order valence-electron chi connectivity index (χ3n) is 4.80. The topological polar surface area (TPSA) is 49.9 Å². The average Bonchev–Trinajstić information content (AvgIpc) is 3.43. The van der Waals surface area contributed by atoms with E-state index in [0.29, 0.717) is 37.5 Å². The number of piperazine rings is 1. The van der Waals surface area contributed by atoms with Gasteiger partial charge in [0.2, 0.25) is 5.91 Å². The molecule has 0 bridgehead atoms. The van der Waals surface area contributed by atoms with Crippen LogP contribution in [0.1, 0.15) is 23.2 Å². The highest BCUT2D eigenvalue weighted by atomic mass is 19.3. The number of alkyl halides is 2. The van der Waals surface area contributed by atoms with Gasteiger partial charge in [0.05, 0.1) is 7.11 Å². The molecular weight excluding hydrogens is 318 g/mol. The second-order valence-corrected chi connectivity index (χ2v) is 6.27. The van der Waals surface area contributed by atoms with E-state index in [1.807, 2.05) is 0 Å². The number of hydrogen-bond acceptors (Lipinski definition) is 3. The van der Waals surface area contributed by atoms with Gasteiger partial charge in [0.15, 0.2) is 0 Å². The maximum absolute atomic E-state index is 13.1. The monoisotopic (exact) mass is 338 g/mol. The van der Waals surface area contributed by atoms with Crippen LogP contribution in [0.25, 0.3) is 0 Å². The van der Waals surface area contributed by atoms with E-state index in [9.17, 15) is 18.4 Å². The van der Waals surface area contributed by atoms with Gasteiger partial charge < -0.3 is 14.5 Å². The molecular formula is C17H20F2N2O3. The number of ether oxygens (including phenoxy) is 1. The molecule has 24 heavy (non-hydrogen) atoms. The largest absolute Gasteiger partial charge is 0.497 e. The van der Waals surface area contributed by atoms with Crippen molar-refractivity contribution in [2.75, 3.05) is 33.3 Å². The van der Waals surface area contributed by atoms with Crippen LogP contribution in [0, 0.1) is 5.41 Å². The summed E-state index contributed by atoms with van der Waals surface area (Å²) in [5, 5.41) is 0. The van der Waals surface area contributed by atoms with Crippen molar-refractivity contribution < 1.29 is 23.1 Å². The van der Waals surface area contributed by atoms with Crippen LogP contribution in [0.4, 0.5) is 8.78 Å². The van der Waals surface area contributed by atoms with Gasteiger partial charge in [0, 0.05) is 31.7 Å². The van der Waals surface area contributed by atoms with Crippen LogP contribution in [-0.2, 0) is 4.79 Å². The SMILES string of the molecule is COc1cccc(C(=O)N2CCN(C(=O)C3(C(F)F)CC3)CC2)c1. The van der Waals surface area contributed by atoms with Gasteiger partial charge >= 0.3 is 0 Å². The zero-order valence-electron chi connectivity index (χ0n) is 13.5. The molecule has 5 nitrogen and oxygen atoms in total. The predicted octanol–water partition coefficient (Wildman–Crippen LogP) is 2.02. The minimum Gasteiger partial charge on any atom is -0.497 e. The summed E-state index contributed by atoms with van der Waals surface area (Å²) in [6.07, 6.45) is -2.10. The lowest BCUT2D eigenvalue weighted by Crippen LogP contribution is -2.53. The van der Waals surface area contributed by atoms with Gasteiger partial charge in [-0.1, -0.05) is 6.07 Å². The number of carbonyl (C=O) groups excluding carboxylic acids is 2. The van der Waals surface area contributed by atoms with Gasteiger partial charge in [-0.25, -0.2) is 8.78 Å². The third kappa shape index (κ3) is 2.95. The van der Waals surface area contributed by atoms with E-state index in [0.717, 1.165) is 0 Å². The Kier molecular flexibility index (Phi) is 4.43. The fourth-order valence-corrected chi connectivity index (χ4v) is 3.03. The van der Waals surface area contributed by atoms with Crippen molar-refractivity contribution in [1.82, 2.24) is 9.80 Å². The van der Waals surface area contributed by atoms with Crippen LogP contribution in [0.5, 0.6) is 5.75 Å². The lowest BCUT2D eigenvalue weighted by atomic mass is 10.1. The van der Waals surface area contributed by atoms with Crippen LogP contribution in [0.2, 0.25) is 0 Å². The van der Waals surface area contributed by atoms with Gasteiger partial charge in [-0.15, -0.1) is 0 Å². The van der Waals surface area contributed by atoms with Crippen molar-refractivity contribution in [3.63, 3.8) is 0 Å². The van der Waals surface area contributed by atoms with Crippen molar-refractivity contribution in [2.45, 2.75) is 19.3 Å². The number of hydrogen-bond donors (Lipinski definition) is 0. The molecule has 0 aromatic heterocycles. The predicted molar refractivity (Wildman–Crippen MR) is 83.1 cm³/mol. The van der Waals surface area contributed by atoms with E-state index >= 15 is 0 Å². The first-order valence-electron chi connectivity index (χ1n) is 7.99. The molecule has 0 spiro atoms. The normalized spacial score (nSPS) is 19.3. The zero-order chi connectivity index (χ0) is 17.3. The van der Waals surface area contributed by atoms with Crippen molar-refractivity contribution in [1.29, 1.82) is 0 Å². The Labute approximate surface area is 139 Å². The highest BCUT2D eigenvalue weighted by molar-refractivity contribution is 5.95. The highest BCUT2D eigenvalue weighted by Gasteiger charge is 2.59. The summed E-state index contributed by atoms with van der Waals surface area (Å²) < 4.78 is 31.2. The van der Waals surface area contributed by atoms with E-state index in [2.05, 4.69) is 0 Å². The summed E-state index contributed by atoms with van der Waals surface area (Å²) in [6, 6.07) is 6.87. The Morgan fingerprint density at radius 3 is 2.29 bits per heavy atom. The van der Waals surface area contributed by atoms with Crippen LogP contribution < -0.4 is 4.74 Å². The fourth-order valence-electron chi connectivity index (χ4n) is 3.03. The van der Waals surface area contributed by atoms with E-state index in [-0.39, 0.29) is 18.7 Å². The van der Waals surface area contributed by atoms with Crippen molar-refractivity contribution >= 4 is 11.8 Å². The van der Waals surface area contributed by atoms with Gasteiger partial charge in [0.25, 0.3) is 12.3 Å². The summed E-state index contributed by atoms with van der Waals surface area (Å²) in [7, 11) is 1.53. The maximum Gasteiger partial charge on any atom is 0.254 e. The fraction of sp³-hybridized carbons (Fsp3) is 0.529. The van der Waals surface area contributed by atoms with Gasteiger partial charge in [0.1, 0.15) is 11.2 Å². The molecule has 1 aromatic carbocycles. The second-order valence-electron chi connectivity index (χ2n) is 6.27. The number of carbonyl (C=O) groups is 2. The lowest BCUT2D eigenvalue weighted by Gasteiger charge is -2.36. The molecule has 1 aliphatic heterocycles. The third-order valence-corrected chi connectivity index (χ3v) is 4.80. The smallest absolute Gasteiger partial charge is 0.254 e. The highest BCUT2D eigenvalue weighted by Crippen LogP contribution is 2.52. The number of benzene rings is 1. The molecule has 0 atom stereocenters. The molecule has 2 fully saturated rings. The molecule has 130 valence electrons. The molecule has 1 heterocycles. The molecule has 1 aliphatic carbocycles. The molecule has 0 unspecified atom stereocenters. The van der Waals surface area contributed by atoms with Crippen molar-refractivity contribution in [3.05, 3.63) is 29.8 Å². The van der Waals surface area contributed by atoms with Crippen molar-refractivity contribution in [2.24, 2.45) is 5.41 Å². The number of halogens is 2. The van der Waals surface area contributed by atoms with E-state index in [1.54, 1.807) is 29.2 Å². The molecule has 7 heteroatoms. The average molecular weight is 338 g/mol. The minimum atomic E-state index is -2.61. The number of methoxy groups -OCH3 is 1. The van der Waals surface area contributed by atoms with E-state index in [4.69, 9.17) is 4.74 Å². The first-order valence-corrected chi connectivity index (χ1v) is 7.99. The quantitative estimate of drug-likeness (QED) is 0.844. The Morgan fingerprint density at radius 1 is 1.12 bits per heavy atom.